The number of thioether (sulfide) groups is 1. The highest BCUT2D eigenvalue weighted by molar-refractivity contribution is 8.00. The van der Waals surface area contributed by atoms with Crippen molar-refractivity contribution in [1.82, 2.24) is 0 Å². The highest BCUT2D eigenvalue weighted by atomic mass is 32.2. The highest BCUT2D eigenvalue weighted by Crippen LogP contribution is 2.23. The van der Waals surface area contributed by atoms with E-state index in [0.717, 1.165) is 4.90 Å². The standard InChI is InChI=1S/C10H12O2S/c1-7-3-5-9(6-4-7)13-8(2)10(11)12/h3-6,8H,1-2H3,(H,11,12). The third-order valence-corrected chi connectivity index (χ3v) is 2.78. The van der Waals surface area contributed by atoms with Crippen LogP contribution in [-0.2, 0) is 4.79 Å². The Morgan fingerprint density at radius 3 is 2.38 bits per heavy atom. The Kier molecular flexibility index (Phi) is 3.37. The van der Waals surface area contributed by atoms with E-state index in [9.17, 15) is 4.79 Å². The maximum absolute atomic E-state index is 10.5. The molecule has 0 spiro atoms. The lowest BCUT2D eigenvalue weighted by molar-refractivity contribution is -0.136. The summed E-state index contributed by atoms with van der Waals surface area (Å²) < 4.78 is 0. The van der Waals surface area contributed by atoms with Crippen LogP contribution in [0, 0.1) is 6.92 Å². The van der Waals surface area contributed by atoms with E-state index in [1.165, 1.54) is 17.3 Å². The number of hydrogen-bond donors (Lipinski definition) is 1. The van der Waals surface area contributed by atoms with Crippen LogP contribution in [0.15, 0.2) is 29.2 Å². The fourth-order valence-corrected chi connectivity index (χ4v) is 1.67. The Labute approximate surface area is 82.0 Å². The zero-order valence-electron chi connectivity index (χ0n) is 7.65. The molecule has 2 nitrogen and oxygen atoms in total. The molecule has 0 aliphatic rings. The molecule has 0 saturated carbocycles. The highest BCUT2D eigenvalue weighted by Gasteiger charge is 2.11. The smallest absolute Gasteiger partial charge is 0.316 e. The number of aryl methyl sites for hydroxylation is 1. The minimum absolute atomic E-state index is 0.386. The largest absolute Gasteiger partial charge is 0.480 e. The maximum Gasteiger partial charge on any atom is 0.316 e. The third-order valence-electron chi connectivity index (χ3n) is 1.68. The predicted molar refractivity (Wildman–Crippen MR) is 54.1 cm³/mol. The zero-order chi connectivity index (χ0) is 9.84. The monoisotopic (exact) mass is 196 g/mol. The van der Waals surface area contributed by atoms with E-state index in [2.05, 4.69) is 0 Å². The van der Waals surface area contributed by atoms with Crippen molar-refractivity contribution in [3.8, 4) is 0 Å². The van der Waals surface area contributed by atoms with Crippen LogP contribution in [0.2, 0.25) is 0 Å². The molecule has 0 aliphatic heterocycles. The maximum atomic E-state index is 10.5. The summed E-state index contributed by atoms with van der Waals surface area (Å²) in [6.07, 6.45) is 0. The van der Waals surface area contributed by atoms with Crippen LogP contribution in [-0.4, -0.2) is 16.3 Å². The van der Waals surface area contributed by atoms with Gasteiger partial charge in [0.05, 0.1) is 0 Å². The van der Waals surface area contributed by atoms with Crippen molar-refractivity contribution in [2.75, 3.05) is 0 Å². The zero-order valence-corrected chi connectivity index (χ0v) is 8.47. The van der Waals surface area contributed by atoms with E-state index in [-0.39, 0.29) is 5.25 Å². The summed E-state index contributed by atoms with van der Waals surface area (Å²) in [5, 5.41) is 8.29. The number of carbonyl (C=O) groups is 1. The lowest BCUT2D eigenvalue weighted by Gasteiger charge is -2.05. The Hall–Kier alpha value is -0.960. The van der Waals surface area contributed by atoms with Gasteiger partial charge in [-0.25, -0.2) is 0 Å². The molecule has 13 heavy (non-hydrogen) atoms. The number of rotatable bonds is 3. The summed E-state index contributed by atoms with van der Waals surface area (Å²) in [6.45, 7) is 3.70. The molecule has 0 heterocycles. The lowest BCUT2D eigenvalue weighted by atomic mass is 10.2. The van der Waals surface area contributed by atoms with Gasteiger partial charge in [-0.15, -0.1) is 11.8 Å². The van der Waals surface area contributed by atoms with Crippen LogP contribution < -0.4 is 0 Å². The van der Waals surface area contributed by atoms with Crippen LogP contribution in [0.1, 0.15) is 12.5 Å². The number of aliphatic carboxylic acids is 1. The van der Waals surface area contributed by atoms with Gasteiger partial charge in [-0.3, -0.25) is 4.79 Å². The fourth-order valence-electron chi connectivity index (χ4n) is 0.871. The summed E-state index contributed by atoms with van der Waals surface area (Å²) in [4.78, 5) is 11.6. The van der Waals surface area contributed by atoms with E-state index in [1.54, 1.807) is 6.92 Å². The molecule has 70 valence electrons. The minimum Gasteiger partial charge on any atom is -0.480 e. The molecular weight excluding hydrogens is 184 g/mol. The van der Waals surface area contributed by atoms with Crippen LogP contribution in [0.4, 0.5) is 0 Å². The quantitative estimate of drug-likeness (QED) is 0.755. The summed E-state index contributed by atoms with van der Waals surface area (Å²) in [5.41, 5.74) is 1.19. The molecule has 1 aromatic carbocycles. The van der Waals surface area contributed by atoms with Crippen LogP contribution in [0.3, 0.4) is 0 Å². The van der Waals surface area contributed by atoms with Gasteiger partial charge in [0.2, 0.25) is 0 Å². The van der Waals surface area contributed by atoms with E-state index in [1.807, 2.05) is 31.2 Å². The third kappa shape index (κ3) is 3.11. The molecule has 0 amide bonds. The molecule has 0 saturated heterocycles. The first-order valence-electron chi connectivity index (χ1n) is 4.05. The van der Waals surface area contributed by atoms with Gasteiger partial charge in [-0.2, -0.15) is 0 Å². The Balaban J connectivity index is 2.64. The Bertz CT molecular complexity index is 292. The minimum atomic E-state index is -0.773. The summed E-state index contributed by atoms with van der Waals surface area (Å²) >= 11 is 1.36. The predicted octanol–water partition coefficient (Wildman–Crippen LogP) is 2.56. The van der Waals surface area contributed by atoms with Gasteiger partial charge in [0.1, 0.15) is 5.25 Å². The normalized spacial score (nSPS) is 12.5. The molecule has 0 aromatic heterocycles. The fraction of sp³-hybridized carbons (Fsp3) is 0.300. The second-order valence-electron chi connectivity index (χ2n) is 2.91. The van der Waals surface area contributed by atoms with Crippen molar-refractivity contribution in [2.24, 2.45) is 0 Å². The van der Waals surface area contributed by atoms with Crippen molar-refractivity contribution in [1.29, 1.82) is 0 Å². The SMILES string of the molecule is Cc1ccc(SC(C)C(=O)O)cc1. The van der Waals surface area contributed by atoms with Crippen molar-refractivity contribution in [3.05, 3.63) is 29.8 Å². The average Bonchev–Trinajstić information content (AvgIpc) is 2.08. The van der Waals surface area contributed by atoms with Crippen molar-refractivity contribution in [2.45, 2.75) is 24.0 Å². The molecule has 1 atom stereocenters. The van der Waals surface area contributed by atoms with Gasteiger partial charge in [0.15, 0.2) is 0 Å². The van der Waals surface area contributed by atoms with Crippen LogP contribution in [0.5, 0.6) is 0 Å². The van der Waals surface area contributed by atoms with E-state index in [4.69, 9.17) is 5.11 Å². The van der Waals surface area contributed by atoms with Crippen molar-refractivity contribution < 1.29 is 9.90 Å². The van der Waals surface area contributed by atoms with Crippen LogP contribution >= 0.6 is 11.8 Å². The van der Waals surface area contributed by atoms with Crippen LogP contribution in [0.25, 0.3) is 0 Å². The summed E-state index contributed by atoms with van der Waals surface area (Å²) in [7, 11) is 0. The number of benzene rings is 1. The van der Waals surface area contributed by atoms with Gasteiger partial charge in [-0.05, 0) is 26.0 Å². The molecule has 1 unspecified atom stereocenters. The first-order chi connectivity index (χ1) is 6.09. The van der Waals surface area contributed by atoms with Gasteiger partial charge in [0.25, 0.3) is 0 Å². The van der Waals surface area contributed by atoms with Gasteiger partial charge in [-0.1, -0.05) is 17.7 Å². The number of carboxylic acids is 1. The second-order valence-corrected chi connectivity index (χ2v) is 4.33. The molecule has 0 radical (unpaired) electrons. The molecule has 3 heteroatoms. The Morgan fingerprint density at radius 1 is 1.38 bits per heavy atom. The summed E-state index contributed by atoms with van der Waals surface area (Å²) in [5.74, 6) is -0.773. The molecular formula is C10H12O2S. The lowest BCUT2D eigenvalue weighted by Crippen LogP contribution is -2.10. The van der Waals surface area contributed by atoms with Gasteiger partial charge < -0.3 is 5.11 Å². The van der Waals surface area contributed by atoms with Gasteiger partial charge in [0, 0.05) is 4.90 Å². The number of carboxylic acid groups (broad SMARTS) is 1. The summed E-state index contributed by atoms with van der Waals surface area (Å²) in [6, 6.07) is 7.85. The van der Waals surface area contributed by atoms with Crippen molar-refractivity contribution in [3.63, 3.8) is 0 Å². The van der Waals surface area contributed by atoms with Crippen molar-refractivity contribution >= 4 is 17.7 Å². The molecule has 1 rings (SSSR count). The first-order valence-corrected chi connectivity index (χ1v) is 4.93. The van der Waals surface area contributed by atoms with E-state index in [0.29, 0.717) is 0 Å². The molecule has 1 aromatic rings. The van der Waals surface area contributed by atoms with E-state index >= 15 is 0 Å². The topological polar surface area (TPSA) is 37.3 Å². The Morgan fingerprint density at radius 2 is 1.92 bits per heavy atom. The molecule has 1 N–H and O–H groups in total. The molecule has 0 aliphatic carbocycles. The first kappa shape index (κ1) is 10.1. The number of hydrogen-bond acceptors (Lipinski definition) is 2. The molecule has 0 bridgehead atoms. The second kappa shape index (κ2) is 4.33. The van der Waals surface area contributed by atoms with E-state index < -0.39 is 5.97 Å². The van der Waals surface area contributed by atoms with Gasteiger partial charge >= 0.3 is 5.97 Å². The molecule has 0 fully saturated rings. The average molecular weight is 196 g/mol.